The van der Waals surface area contributed by atoms with Crippen LogP contribution in [0.15, 0.2) is 24.4 Å². The van der Waals surface area contributed by atoms with Gasteiger partial charge in [0.05, 0.1) is 11.6 Å². The Morgan fingerprint density at radius 3 is 2.16 bits per heavy atom. The summed E-state index contributed by atoms with van der Waals surface area (Å²) in [4.78, 5) is 39.9. The van der Waals surface area contributed by atoms with E-state index in [1.165, 1.54) is 16.9 Å². The second-order valence-corrected chi connectivity index (χ2v) is 11.9. The van der Waals surface area contributed by atoms with Crippen LogP contribution in [0.1, 0.15) is 74.5 Å². The van der Waals surface area contributed by atoms with Gasteiger partial charge in [-0.1, -0.05) is 0 Å². The first-order chi connectivity index (χ1) is 20.9. The first-order valence-electron chi connectivity index (χ1n) is 14.4. The van der Waals surface area contributed by atoms with Gasteiger partial charge in [0.25, 0.3) is 5.91 Å². The van der Waals surface area contributed by atoms with Crippen molar-refractivity contribution >= 4 is 23.4 Å². The predicted octanol–water partition coefficient (Wildman–Crippen LogP) is 5.80. The lowest BCUT2D eigenvalue weighted by Crippen LogP contribution is -2.50. The quantitative estimate of drug-likeness (QED) is 0.283. The zero-order chi connectivity index (χ0) is 33.4. The summed E-state index contributed by atoms with van der Waals surface area (Å²) < 4.78 is 99.4. The van der Waals surface area contributed by atoms with Gasteiger partial charge in [-0.2, -0.15) is 18.3 Å². The summed E-state index contributed by atoms with van der Waals surface area (Å²) in [6, 6.07) is 1.16. The number of ether oxygens (including phenoxy) is 1. The first kappa shape index (κ1) is 34.0. The van der Waals surface area contributed by atoms with Crippen LogP contribution in [0, 0.1) is 23.6 Å². The van der Waals surface area contributed by atoms with Gasteiger partial charge in [0.15, 0.2) is 0 Å². The van der Waals surface area contributed by atoms with E-state index in [1.54, 1.807) is 13.8 Å². The summed E-state index contributed by atoms with van der Waals surface area (Å²) in [6.45, 7) is 2.94. The molecule has 248 valence electrons. The zero-order valence-electron chi connectivity index (χ0n) is 24.9. The SMILES string of the molecule is CC(C(=O)N(C)CC(F)(F)F)c1cc(F)c(NC(=O)[C@@H](NC(=O)c2ccnn2C(C)C)C(C2CC2)C2CC2)cc1OC(F)(F)F. The highest BCUT2D eigenvalue weighted by Gasteiger charge is 2.48. The molecule has 45 heavy (non-hydrogen) atoms. The maximum atomic E-state index is 15.4. The average molecular weight is 650 g/mol. The highest BCUT2D eigenvalue weighted by molar-refractivity contribution is 6.01. The van der Waals surface area contributed by atoms with E-state index in [1.807, 2.05) is 0 Å². The number of carbonyl (C=O) groups is 3. The number of nitrogens with one attached hydrogen (secondary N) is 2. The third-order valence-corrected chi connectivity index (χ3v) is 7.89. The minimum atomic E-state index is -5.33. The monoisotopic (exact) mass is 649 g/mol. The van der Waals surface area contributed by atoms with Gasteiger partial charge >= 0.3 is 12.5 Å². The number of carbonyl (C=O) groups excluding carboxylic acids is 3. The molecule has 16 heteroatoms. The van der Waals surface area contributed by atoms with Crippen molar-refractivity contribution in [3.05, 3.63) is 41.5 Å². The summed E-state index contributed by atoms with van der Waals surface area (Å²) >= 11 is 0. The van der Waals surface area contributed by atoms with E-state index in [0.29, 0.717) is 12.1 Å². The Bertz CT molecular complexity index is 1400. The number of alkyl halides is 6. The van der Waals surface area contributed by atoms with Crippen LogP contribution in [0.25, 0.3) is 0 Å². The van der Waals surface area contributed by atoms with Gasteiger partial charge in [0.1, 0.15) is 29.8 Å². The first-order valence-corrected chi connectivity index (χ1v) is 14.4. The van der Waals surface area contributed by atoms with Gasteiger partial charge < -0.3 is 20.3 Å². The van der Waals surface area contributed by atoms with Crippen molar-refractivity contribution in [2.75, 3.05) is 18.9 Å². The van der Waals surface area contributed by atoms with Gasteiger partial charge in [-0.25, -0.2) is 4.39 Å². The Balaban J connectivity index is 1.65. The van der Waals surface area contributed by atoms with Crippen LogP contribution in [0.3, 0.4) is 0 Å². The number of likely N-dealkylation sites (N-methyl/N-ethyl adjacent to an activating group) is 1. The molecular weight excluding hydrogens is 615 g/mol. The number of anilines is 1. The fourth-order valence-corrected chi connectivity index (χ4v) is 5.59. The van der Waals surface area contributed by atoms with Gasteiger partial charge in [0, 0.05) is 30.9 Å². The largest absolute Gasteiger partial charge is 0.573 e. The molecule has 1 unspecified atom stereocenters. The fraction of sp³-hybridized carbons (Fsp3) is 0.586. The van der Waals surface area contributed by atoms with E-state index in [9.17, 15) is 40.7 Å². The molecule has 2 aliphatic carbocycles. The summed E-state index contributed by atoms with van der Waals surface area (Å²) in [5.41, 5.74) is -1.23. The highest BCUT2D eigenvalue weighted by atomic mass is 19.4. The number of benzene rings is 1. The number of aromatic nitrogens is 2. The second-order valence-electron chi connectivity index (χ2n) is 11.9. The molecule has 0 bridgehead atoms. The average Bonchev–Trinajstić information content (AvgIpc) is 3.86. The van der Waals surface area contributed by atoms with Crippen LogP contribution in [-0.2, 0) is 9.59 Å². The van der Waals surface area contributed by atoms with Gasteiger partial charge in [-0.15, -0.1) is 13.2 Å². The number of halogens is 7. The summed E-state index contributed by atoms with van der Waals surface area (Å²) in [6.07, 6.45) is -5.44. The molecule has 0 radical (unpaired) electrons. The molecule has 0 saturated heterocycles. The maximum Gasteiger partial charge on any atom is 0.573 e. The fourth-order valence-electron chi connectivity index (χ4n) is 5.59. The molecule has 1 aromatic carbocycles. The van der Waals surface area contributed by atoms with Crippen molar-refractivity contribution in [3.63, 3.8) is 0 Å². The normalized spacial score (nSPS) is 16.8. The molecule has 2 aromatic rings. The summed E-state index contributed by atoms with van der Waals surface area (Å²) in [7, 11) is 0.806. The van der Waals surface area contributed by atoms with Crippen molar-refractivity contribution in [2.45, 2.75) is 77.0 Å². The number of amides is 3. The molecule has 2 saturated carbocycles. The maximum absolute atomic E-state index is 15.4. The lowest BCUT2D eigenvalue weighted by molar-refractivity contribution is -0.275. The second kappa shape index (κ2) is 12.9. The van der Waals surface area contributed by atoms with Crippen LogP contribution < -0.4 is 15.4 Å². The molecule has 2 aliphatic rings. The van der Waals surface area contributed by atoms with Crippen molar-refractivity contribution < 1.29 is 49.9 Å². The highest BCUT2D eigenvalue weighted by Crippen LogP contribution is 2.51. The minimum Gasteiger partial charge on any atom is -0.405 e. The molecule has 0 aliphatic heterocycles. The molecular formula is C29H34F7N5O4. The molecule has 1 aromatic heterocycles. The third-order valence-electron chi connectivity index (χ3n) is 7.89. The Labute approximate surface area is 254 Å². The van der Waals surface area contributed by atoms with Crippen molar-refractivity contribution in [1.82, 2.24) is 20.0 Å². The Hall–Kier alpha value is -3.85. The summed E-state index contributed by atoms with van der Waals surface area (Å²) in [5.74, 6) is -6.83. The van der Waals surface area contributed by atoms with E-state index in [4.69, 9.17) is 0 Å². The van der Waals surface area contributed by atoms with Crippen LogP contribution in [0.5, 0.6) is 5.75 Å². The van der Waals surface area contributed by atoms with Crippen LogP contribution >= 0.6 is 0 Å². The third kappa shape index (κ3) is 8.66. The van der Waals surface area contributed by atoms with Crippen LogP contribution in [0.4, 0.5) is 36.4 Å². The number of hydrogen-bond acceptors (Lipinski definition) is 5. The standard InChI is InChI=1S/C29H34F7N5O4/c1-14(2)41-21(9-10-37-41)25(42)39-24(23(16-5-6-16)17-7-8-17)26(43)38-20-12-22(45-29(34,35)36)18(11-19(20)30)15(3)27(44)40(4)13-28(31,32)33/h9-12,14-17,23-24H,5-8,13H2,1-4H3,(H,38,43)(H,39,42)/t15?,24-/m0/s1. The number of rotatable bonds is 12. The molecule has 2 fully saturated rings. The van der Waals surface area contributed by atoms with E-state index in [-0.39, 0.29) is 34.4 Å². The lowest BCUT2D eigenvalue weighted by atomic mass is 9.88. The molecule has 2 atom stereocenters. The molecule has 3 amide bonds. The smallest absolute Gasteiger partial charge is 0.405 e. The minimum absolute atomic E-state index is 0.112. The van der Waals surface area contributed by atoms with E-state index < -0.39 is 71.6 Å². The molecule has 4 rings (SSSR count). The topological polar surface area (TPSA) is 106 Å². The predicted molar refractivity (Wildman–Crippen MR) is 147 cm³/mol. The van der Waals surface area contributed by atoms with E-state index in [0.717, 1.165) is 39.7 Å². The van der Waals surface area contributed by atoms with E-state index in [2.05, 4.69) is 20.5 Å². The van der Waals surface area contributed by atoms with Crippen LogP contribution in [0.2, 0.25) is 0 Å². The lowest BCUT2D eigenvalue weighted by Gasteiger charge is -2.28. The molecule has 2 N–H and O–H groups in total. The number of nitrogens with zero attached hydrogens (tertiary/aromatic N) is 3. The Kier molecular flexibility index (Phi) is 9.73. The number of hydrogen-bond donors (Lipinski definition) is 2. The van der Waals surface area contributed by atoms with E-state index >= 15 is 4.39 Å². The Morgan fingerprint density at radius 2 is 1.64 bits per heavy atom. The van der Waals surface area contributed by atoms with Gasteiger partial charge in [-0.3, -0.25) is 19.1 Å². The molecule has 0 spiro atoms. The van der Waals surface area contributed by atoms with Gasteiger partial charge in [0.2, 0.25) is 11.8 Å². The summed E-state index contributed by atoms with van der Waals surface area (Å²) in [5, 5.41) is 9.14. The van der Waals surface area contributed by atoms with Crippen molar-refractivity contribution in [1.29, 1.82) is 0 Å². The van der Waals surface area contributed by atoms with Crippen molar-refractivity contribution in [2.24, 2.45) is 17.8 Å². The Morgan fingerprint density at radius 1 is 1.04 bits per heavy atom. The van der Waals surface area contributed by atoms with Crippen molar-refractivity contribution in [3.8, 4) is 5.75 Å². The molecule has 1 heterocycles. The van der Waals surface area contributed by atoms with Crippen LogP contribution in [-0.4, -0.2) is 64.6 Å². The zero-order valence-corrected chi connectivity index (χ0v) is 24.9. The molecule has 9 nitrogen and oxygen atoms in total. The van der Waals surface area contributed by atoms with Gasteiger partial charge in [-0.05, 0) is 76.3 Å².